The fraction of sp³-hybridized carbons (Fsp3) is 0.133. The molecule has 0 saturated heterocycles. The molecule has 0 saturated carbocycles. The Morgan fingerprint density at radius 1 is 1.20 bits per heavy atom. The first kappa shape index (κ1) is 15.1. The first-order chi connectivity index (χ1) is 9.47. The number of carbonyl (C=O) groups excluding carboxylic acids is 1. The molecule has 0 amide bonds. The molecular weight excluding hydrogens is 386 g/mol. The van der Waals surface area contributed by atoms with Crippen LogP contribution in [0, 0.1) is 6.92 Å². The van der Waals surface area contributed by atoms with Crippen molar-refractivity contribution in [3.63, 3.8) is 0 Å². The molecule has 0 aliphatic heterocycles. The van der Waals surface area contributed by atoms with E-state index in [1.165, 1.54) is 0 Å². The molecule has 0 fully saturated rings. The van der Waals surface area contributed by atoms with E-state index in [2.05, 4.69) is 31.9 Å². The summed E-state index contributed by atoms with van der Waals surface area (Å²) in [5.41, 5.74) is 8.01. The number of ketones is 1. The van der Waals surface area contributed by atoms with E-state index in [1.807, 2.05) is 31.2 Å². The van der Waals surface area contributed by atoms with Crippen LogP contribution in [0.5, 0.6) is 5.75 Å². The van der Waals surface area contributed by atoms with Crippen LogP contribution >= 0.6 is 31.9 Å². The standard InChI is InChI=1S/C15H13Br2NO2/c1-9-2-5-15(13(18)6-9)20-8-14(19)11-4-3-10(16)7-12(11)17/h2-7H,8,18H2,1H3. The van der Waals surface area contributed by atoms with Gasteiger partial charge in [0.2, 0.25) is 5.78 Å². The first-order valence-electron chi connectivity index (χ1n) is 5.94. The number of nitrogen functional groups attached to an aromatic ring is 1. The van der Waals surface area contributed by atoms with Crippen molar-refractivity contribution in [2.75, 3.05) is 12.3 Å². The van der Waals surface area contributed by atoms with Crippen LogP contribution in [0.4, 0.5) is 5.69 Å². The lowest BCUT2D eigenvalue weighted by Gasteiger charge is -2.09. The molecule has 20 heavy (non-hydrogen) atoms. The Morgan fingerprint density at radius 3 is 2.60 bits per heavy atom. The minimum atomic E-state index is -0.107. The number of nitrogens with two attached hydrogens (primary N) is 1. The molecule has 0 aromatic heterocycles. The van der Waals surface area contributed by atoms with Gasteiger partial charge >= 0.3 is 0 Å². The monoisotopic (exact) mass is 397 g/mol. The largest absolute Gasteiger partial charge is 0.483 e. The van der Waals surface area contributed by atoms with E-state index in [-0.39, 0.29) is 12.4 Å². The first-order valence-corrected chi connectivity index (χ1v) is 7.53. The van der Waals surface area contributed by atoms with Crippen molar-refractivity contribution in [2.45, 2.75) is 6.92 Å². The second kappa shape index (κ2) is 6.41. The Hall–Kier alpha value is -1.33. The van der Waals surface area contributed by atoms with Crippen LogP contribution in [0.2, 0.25) is 0 Å². The lowest BCUT2D eigenvalue weighted by molar-refractivity contribution is 0.0921. The van der Waals surface area contributed by atoms with Crippen molar-refractivity contribution in [2.24, 2.45) is 0 Å². The number of hydrogen-bond acceptors (Lipinski definition) is 3. The van der Waals surface area contributed by atoms with Crippen LogP contribution in [0.1, 0.15) is 15.9 Å². The number of rotatable bonds is 4. The van der Waals surface area contributed by atoms with Crippen LogP contribution in [0.3, 0.4) is 0 Å². The molecule has 2 aromatic rings. The van der Waals surface area contributed by atoms with Gasteiger partial charge in [-0.2, -0.15) is 0 Å². The molecule has 0 aliphatic rings. The number of hydrogen-bond donors (Lipinski definition) is 1. The molecule has 0 radical (unpaired) electrons. The highest BCUT2D eigenvalue weighted by molar-refractivity contribution is 9.11. The van der Waals surface area contributed by atoms with Gasteiger partial charge in [-0.15, -0.1) is 0 Å². The fourth-order valence-corrected chi connectivity index (χ4v) is 3.00. The van der Waals surface area contributed by atoms with Gasteiger partial charge in [0.05, 0.1) is 5.69 Å². The highest BCUT2D eigenvalue weighted by Gasteiger charge is 2.12. The van der Waals surface area contributed by atoms with Gasteiger partial charge in [0, 0.05) is 14.5 Å². The Labute approximate surface area is 134 Å². The third-order valence-corrected chi connectivity index (χ3v) is 3.90. The summed E-state index contributed by atoms with van der Waals surface area (Å²) in [6, 6.07) is 10.9. The lowest BCUT2D eigenvalue weighted by atomic mass is 10.1. The molecule has 104 valence electrons. The number of benzene rings is 2. The van der Waals surface area contributed by atoms with Gasteiger partial charge in [0.1, 0.15) is 5.75 Å². The topological polar surface area (TPSA) is 52.3 Å². The molecular formula is C15H13Br2NO2. The summed E-state index contributed by atoms with van der Waals surface area (Å²) in [4.78, 5) is 12.1. The molecule has 0 atom stereocenters. The zero-order valence-electron chi connectivity index (χ0n) is 10.8. The maximum atomic E-state index is 12.1. The van der Waals surface area contributed by atoms with E-state index in [9.17, 15) is 4.79 Å². The van der Waals surface area contributed by atoms with Crippen molar-refractivity contribution >= 4 is 43.3 Å². The Balaban J connectivity index is 2.08. The van der Waals surface area contributed by atoms with Gasteiger partial charge in [-0.05, 0) is 42.8 Å². The molecule has 2 rings (SSSR count). The number of anilines is 1. The quantitative estimate of drug-likeness (QED) is 0.614. The molecule has 0 aliphatic carbocycles. The van der Waals surface area contributed by atoms with E-state index in [0.717, 1.165) is 14.5 Å². The van der Waals surface area contributed by atoms with Crippen LogP contribution in [-0.2, 0) is 0 Å². The molecule has 5 heteroatoms. The van der Waals surface area contributed by atoms with Crippen molar-refractivity contribution in [3.05, 3.63) is 56.5 Å². The zero-order valence-corrected chi connectivity index (χ0v) is 14.0. The number of Topliss-reactive ketones (excluding diaryl/α,β-unsaturated/α-hetero) is 1. The summed E-state index contributed by atoms with van der Waals surface area (Å²) >= 11 is 6.72. The van der Waals surface area contributed by atoms with Crippen LogP contribution in [0.15, 0.2) is 45.3 Å². The zero-order chi connectivity index (χ0) is 14.7. The van der Waals surface area contributed by atoms with E-state index >= 15 is 0 Å². The Kier molecular flexibility index (Phi) is 4.83. The van der Waals surface area contributed by atoms with Crippen LogP contribution < -0.4 is 10.5 Å². The van der Waals surface area contributed by atoms with E-state index in [4.69, 9.17) is 10.5 Å². The van der Waals surface area contributed by atoms with Crippen LogP contribution in [-0.4, -0.2) is 12.4 Å². The second-order valence-corrected chi connectivity index (χ2v) is 6.15. The maximum Gasteiger partial charge on any atom is 0.201 e. The minimum Gasteiger partial charge on any atom is -0.483 e. The fourth-order valence-electron chi connectivity index (χ4n) is 1.74. The van der Waals surface area contributed by atoms with E-state index < -0.39 is 0 Å². The maximum absolute atomic E-state index is 12.1. The highest BCUT2D eigenvalue weighted by Crippen LogP contribution is 2.24. The summed E-state index contributed by atoms with van der Waals surface area (Å²) in [7, 11) is 0. The van der Waals surface area contributed by atoms with Gasteiger partial charge in [0.25, 0.3) is 0 Å². The van der Waals surface area contributed by atoms with Crippen molar-refractivity contribution in [1.29, 1.82) is 0 Å². The average molecular weight is 399 g/mol. The third-order valence-electron chi connectivity index (χ3n) is 2.76. The predicted octanol–water partition coefficient (Wildman–Crippen LogP) is 4.36. The smallest absolute Gasteiger partial charge is 0.201 e. The van der Waals surface area contributed by atoms with Gasteiger partial charge < -0.3 is 10.5 Å². The summed E-state index contributed by atoms with van der Waals surface area (Å²) in [5, 5.41) is 0. The summed E-state index contributed by atoms with van der Waals surface area (Å²) in [6.45, 7) is 1.90. The van der Waals surface area contributed by atoms with Crippen molar-refractivity contribution in [3.8, 4) is 5.75 Å². The predicted molar refractivity (Wildman–Crippen MR) is 87.3 cm³/mol. The van der Waals surface area contributed by atoms with Crippen LogP contribution in [0.25, 0.3) is 0 Å². The molecule has 0 unspecified atom stereocenters. The summed E-state index contributed by atoms with van der Waals surface area (Å²) in [6.07, 6.45) is 0. The molecule has 0 bridgehead atoms. The molecule has 2 N–H and O–H groups in total. The molecule has 2 aromatic carbocycles. The van der Waals surface area contributed by atoms with Crippen molar-refractivity contribution in [1.82, 2.24) is 0 Å². The minimum absolute atomic E-state index is 0.0481. The van der Waals surface area contributed by atoms with E-state index in [1.54, 1.807) is 12.1 Å². The SMILES string of the molecule is Cc1ccc(OCC(=O)c2ccc(Br)cc2Br)c(N)c1. The highest BCUT2D eigenvalue weighted by atomic mass is 79.9. The summed E-state index contributed by atoms with van der Waals surface area (Å²) in [5.74, 6) is 0.418. The lowest BCUT2D eigenvalue weighted by Crippen LogP contribution is -2.13. The number of ether oxygens (including phenoxy) is 1. The Bertz CT molecular complexity index is 656. The Morgan fingerprint density at radius 2 is 1.95 bits per heavy atom. The number of aryl methyl sites for hydroxylation is 1. The van der Waals surface area contributed by atoms with Gasteiger partial charge in [-0.1, -0.05) is 37.9 Å². The molecule has 0 heterocycles. The average Bonchev–Trinajstić information content (AvgIpc) is 2.37. The van der Waals surface area contributed by atoms with Gasteiger partial charge in [-0.25, -0.2) is 0 Å². The second-order valence-electron chi connectivity index (χ2n) is 4.38. The van der Waals surface area contributed by atoms with Crippen molar-refractivity contribution < 1.29 is 9.53 Å². The summed E-state index contributed by atoms with van der Waals surface area (Å²) < 4.78 is 7.13. The van der Waals surface area contributed by atoms with E-state index in [0.29, 0.717) is 17.0 Å². The van der Waals surface area contributed by atoms with Gasteiger partial charge in [0.15, 0.2) is 6.61 Å². The number of halogens is 2. The third kappa shape index (κ3) is 3.61. The normalized spacial score (nSPS) is 10.3. The molecule has 3 nitrogen and oxygen atoms in total. The van der Waals surface area contributed by atoms with Gasteiger partial charge in [-0.3, -0.25) is 4.79 Å². The number of carbonyl (C=O) groups is 1. The molecule has 0 spiro atoms.